The largest absolute Gasteiger partial charge is 0.315 e. The van der Waals surface area contributed by atoms with Crippen molar-refractivity contribution in [3.63, 3.8) is 0 Å². The molecule has 2 rings (SSSR count). The summed E-state index contributed by atoms with van der Waals surface area (Å²) < 4.78 is 27.0. The molecule has 0 amide bonds. The van der Waals surface area contributed by atoms with Crippen LogP contribution in [0.25, 0.3) is 0 Å². The first-order valence-electron chi connectivity index (χ1n) is 5.42. The summed E-state index contributed by atoms with van der Waals surface area (Å²) in [5.74, 6) is -0.0384. The number of rotatable bonds is 5. The fourth-order valence-corrected chi connectivity index (χ4v) is 4.37. The van der Waals surface area contributed by atoms with Crippen LogP contribution < -0.4 is 10.0 Å². The van der Waals surface area contributed by atoms with Crippen LogP contribution in [0.5, 0.6) is 0 Å². The zero-order valence-corrected chi connectivity index (χ0v) is 12.0. The lowest BCUT2D eigenvalue weighted by Gasteiger charge is -2.08. The molecule has 0 radical (unpaired) electrons. The third-order valence-electron chi connectivity index (χ3n) is 2.30. The Morgan fingerprint density at radius 3 is 2.79 bits per heavy atom. The van der Waals surface area contributed by atoms with Gasteiger partial charge in [0, 0.05) is 11.4 Å². The van der Waals surface area contributed by atoms with Gasteiger partial charge in [-0.1, -0.05) is 0 Å². The van der Waals surface area contributed by atoms with E-state index in [2.05, 4.69) is 25.2 Å². The van der Waals surface area contributed by atoms with Gasteiger partial charge in [0.25, 0.3) is 16.0 Å². The summed E-state index contributed by atoms with van der Waals surface area (Å²) in [6.07, 6.45) is 2.75. The number of sulfonamides is 1. The van der Waals surface area contributed by atoms with Gasteiger partial charge in [-0.25, -0.2) is 18.1 Å². The fraction of sp³-hybridized carbons (Fsp3) is 0.300. The smallest absolute Gasteiger partial charge is 0.265 e. The van der Waals surface area contributed by atoms with Crippen molar-refractivity contribution in [2.75, 3.05) is 11.8 Å². The molecule has 102 valence electrons. The molecule has 0 aromatic carbocycles. The quantitative estimate of drug-likeness (QED) is 0.846. The summed E-state index contributed by atoms with van der Waals surface area (Å²) >= 11 is 1.40. The van der Waals surface area contributed by atoms with Gasteiger partial charge in [-0.15, -0.1) is 16.4 Å². The van der Waals surface area contributed by atoms with Crippen molar-refractivity contribution in [1.29, 1.82) is 0 Å². The van der Waals surface area contributed by atoms with E-state index in [1.54, 1.807) is 14.0 Å². The summed E-state index contributed by atoms with van der Waals surface area (Å²) in [6.45, 7) is 2.25. The highest BCUT2D eigenvalue weighted by molar-refractivity contribution is 7.93. The summed E-state index contributed by atoms with van der Waals surface area (Å²) in [4.78, 5) is 4.83. The van der Waals surface area contributed by atoms with Crippen LogP contribution in [0.4, 0.5) is 5.95 Å². The minimum atomic E-state index is -3.70. The first kappa shape index (κ1) is 13.8. The Morgan fingerprint density at radius 1 is 1.37 bits per heavy atom. The lowest BCUT2D eigenvalue weighted by Crippen LogP contribution is -2.18. The first-order chi connectivity index (χ1) is 9.04. The molecule has 0 unspecified atom stereocenters. The van der Waals surface area contributed by atoms with Crippen molar-refractivity contribution in [2.45, 2.75) is 18.4 Å². The van der Waals surface area contributed by atoms with Crippen molar-refractivity contribution < 1.29 is 8.42 Å². The van der Waals surface area contributed by atoms with Crippen LogP contribution in [-0.4, -0.2) is 30.6 Å². The molecule has 0 atom stereocenters. The molecule has 0 spiro atoms. The van der Waals surface area contributed by atoms with Crippen molar-refractivity contribution >= 4 is 27.3 Å². The van der Waals surface area contributed by atoms with Crippen LogP contribution >= 0.6 is 11.3 Å². The molecule has 9 heteroatoms. The number of aromatic nitrogens is 3. The molecule has 2 heterocycles. The molecule has 0 aliphatic heterocycles. The van der Waals surface area contributed by atoms with E-state index in [0.717, 1.165) is 4.88 Å². The Kier molecular flexibility index (Phi) is 4.08. The lowest BCUT2D eigenvalue weighted by molar-refractivity contribution is 0.599. The Hall–Kier alpha value is -1.58. The van der Waals surface area contributed by atoms with E-state index in [1.165, 1.54) is 23.7 Å². The fourth-order valence-electron chi connectivity index (χ4n) is 1.60. The summed E-state index contributed by atoms with van der Waals surface area (Å²) in [7, 11) is -1.93. The number of nitrogens with one attached hydrogen (secondary N) is 2. The zero-order chi connectivity index (χ0) is 13.9. The van der Waals surface area contributed by atoms with E-state index in [0.29, 0.717) is 12.1 Å². The molecule has 19 heavy (non-hydrogen) atoms. The van der Waals surface area contributed by atoms with E-state index in [4.69, 9.17) is 0 Å². The van der Waals surface area contributed by atoms with Gasteiger partial charge >= 0.3 is 0 Å². The molecule has 2 aromatic heterocycles. The standard InChI is InChI=1S/C10H13N5O2S2/c1-7-6-18-8(5-11-2)9(7)19(16,17)15-10-12-3-4-13-14-10/h3-4,6,11H,5H2,1-2H3,(H,12,14,15). The molecule has 0 fully saturated rings. The second kappa shape index (κ2) is 5.59. The van der Waals surface area contributed by atoms with Crippen molar-refractivity contribution in [3.05, 3.63) is 28.2 Å². The third kappa shape index (κ3) is 3.06. The monoisotopic (exact) mass is 299 g/mol. The molecule has 0 aliphatic carbocycles. The Balaban J connectivity index is 2.37. The maximum atomic E-state index is 12.3. The van der Waals surface area contributed by atoms with E-state index in [9.17, 15) is 8.42 Å². The maximum Gasteiger partial charge on any atom is 0.265 e. The molecule has 0 aliphatic rings. The molecule has 7 nitrogen and oxygen atoms in total. The van der Waals surface area contributed by atoms with Gasteiger partial charge in [-0.2, -0.15) is 5.10 Å². The topological polar surface area (TPSA) is 96.9 Å². The molecule has 0 bridgehead atoms. The van der Waals surface area contributed by atoms with Gasteiger partial charge in [-0.05, 0) is 24.9 Å². The zero-order valence-electron chi connectivity index (χ0n) is 10.4. The Morgan fingerprint density at radius 2 is 2.16 bits per heavy atom. The maximum absolute atomic E-state index is 12.3. The molecule has 2 N–H and O–H groups in total. The van der Waals surface area contributed by atoms with E-state index in [-0.39, 0.29) is 10.8 Å². The molecule has 0 saturated heterocycles. The number of thiophene rings is 1. The van der Waals surface area contributed by atoms with Gasteiger partial charge < -0.3 is 5.32 Å². The molecule has 0 saturated carbocycles. The van der Waals surface area contributed by atoms with Crippen molar-refractivity contribution in [2.24, 2.45) is 0 Å². The number of hydrogen-bond acceptors (Lipinski definition) is 7. The van der Waals surface area contributed by atoms with E-state index < -0.39 is 10.0 Å². The average Bonchev–Trinajstić information content (AvgIpc) is 2.72. The lowest BCUT2D eigenvalue weighted by atomic mass is 10.3. The third-order valence-corrected chi connectivity index (χ3v) is 5.09. The molecule has 2 aromatic rings. The van der Waals surface area contributed by atoms with Crippen LogP contribution in [0.1, 0.15) is 10.4 Å². The van der Waals surface area contributed by atoms with Crippen LogP contribution in [-0.2, 0) is 16.6 Å². The predicted molar refractivity (Wildman–Crippen MR) is 72.5 cm³/mol. The van der Waals surface area contributed by atoms with Crippen LogP contribution in [0.15, 0.2) is 22.7 Å². The van der Waals surface area contributed by atoms with Gasteiger partial charge in [-0.3, -0.25) is 0 Å². The molecular formula is C10H13N5O2S2. The predicted octanol–water partition coefficient (Wildman–Crippen LogP) is 0.762. The highest BCUT2D eigenvalue weighted by Crippen LogP contribution is 2.27. The van der Waals surface area contributed by atoms with Crippen LogP contribution in [0, 0.1) is 6.92 Å². The van der Waals surface area contributed by atoms with Gasteiger partial charge in [0.2, 0.25) is 0 Å². The Bertz CT molecular complexity index is 654. The Labute approximate surface area is 115 Å². The second-order valence-electron chi connectivity index (χ2n) is 3.77. The number of nitrogens with zero attached hydrogens (tertiary/aromatic N) is 3. The van der Waals surface area contributed by atoms with Gasteiger partial charge in [0.1, 0.15) is 4.90 Å². The normalized spacial score (nSPS) is 11.5. The summed E-state index contributed by atoms with van der Waals surface area (Å²) in [5.41, 5.74) is 0.701. The van der Waals surface area contributed by atoms with E-state index >= 15 is 0 Å². The van der Waals surface area contributed by atoms with Crippen molar-refractivity contribution in [3.8, 4) is 0 Å². The molecular weight excluding hydrogens is 286 g/mol. The first-order valence-corrected chi connectivity index (χ1v) is 7.79. The summed E-state index contributed by atoms with van der Waals surface area (Å²) in [5, 5.41) is 12.0. The minimum Gasteiger partial charge on any atom is -0.315 e. The van der Waals surface area contributed by atoms with Crippen LogP contribution in [0.2, 0.25) is 0 Å². The van der Waals surface area contributed by atoms with Crippen LogP contribution in [0.3, 0.4) is 0 Å². The van der Waals surface area contributed by atoms with E-state index in [1.807, 2.05) is 5.38 Å². The minimum absolute atomic E-state index is 0.0384. The highest BCUT2D eigenvalue weighted by Gasteiger charge is 2.23. The average molecular weight is 299 g/mol. The van der Waals surface area contributed by atoms with Crippen molar-refractivity contribution in [1.82, 2.24) is 20.5 Å². The highest BCUT2D eigenvalue weighted by atomic mass is 32.2. The number of aryl methyl sites for hydroxylation is 1. The number of anilines is 1. The second-order valence-corrected chi connectivity index (χ2v) is 6.36. The number of hydrogen-bond donors (Lipinski definition) is 2. The summed E-state index contributed by atoms with van der Waals surface area (Å²) in [6, 6.07) is 0. The van der Waals surface area contributed by atoms with Gasteiger partial charge in [0.05, 0.1) is 12.4 Å². The SMILES string of the molecule is CNCc1scc(C)c1S(=O)(=O)Nc1nccnn1. The van der Waals surface area contributed by atoms with Gasteiger partial charge in [0.15, 0.2) is 0 Å².